The zero-order chi connectivity index (χ0) is 14.6. The fourth-order valence-electron chi connectivity index (χ4n) is 3.23. The molecule has 2 aliphatic rings. The van der Waals surface area contributed by atoms with Crippen LogP contribution in [-0.2, 0) is 4.74 Å². The summed E-state index contributed by atoms with van der Waals surface area (Å²) >= 11 is 0. The van der Waals surface area contributed by atoms with Crippen molar-refractivity contribution >= 4 is 0 Å². The fourth-order valence-corrected chi connectivity index (χ4v) is 3.23. The third-order valence-corrected chi connectivity index (χ3v) is 5.03. The lowest BCUT2D eigenvalue weighted by Gasteiger charge is -2.40. The van der Waals surface area contributed by atoms with Gasteiger partial charge in [-0.3, -0.25) is 4.90 Å². The zero-order valence-electron chi connectivity index (χ0n) is 13.5. The van der Waals surface area contributed by atoms with Gasteiger partial charge in [-0.25, -0.2) is 0 Å². The van der Waals surface area contributed by atoms with Crippen LogP contribution in [0.3, 0.4) is 0 Å². The molecule has 0 amide bonds. The maximum Gasteiger partial charge on any atom is 0.0826 e. The minimum Gasteiger partial charge on any atom is -0.389 e. The topological polar surface area (TPSA) is 44.7 Å². The second-order valence-corrected chi connectivity index (χ2v) is 7.41. The highest BCUT2D eigenvalue weighted by atomic mass is 16.5. The SMILES string of the molecule is CCN1CCOC(CNCC2(O)CCC(C)(C)CC2)C1. The van der Waals surface area contributed by atoms with Gasteiger partial charge < -0.3 is 15.2 Å². The summed E-state index contributed by atoms with van der Waals surface area (Å²) in [6.07, 6.45) is 4.34. The Hall–Kier alpha value is -0.160. The Morgan fingerprint density at radius 2 is 1.95 bits per heavy atom. The molecule has 118 valence electrons. The average Bonchev–Trinajstić information content (AvgIpc) is 2.43. The first-order chi connectivity index (χ1) is 9.42. The van der Waals surface area contributed by atoms with Crippen molar-refractivity contribution in [3.63, 3.8) is 0 Å². The standard InChI is InChI=1S/C16H32N2O2/c1-4-18-9-10-20-14(12-18)11-17-13-16(19)7-5-15(2,3)6-8-16/h14,17,19H,4-13H2,1-3H3. The van der Waals surface area contributed by atoms with E-state index >= 15 is 0 Å². The fraction of sp³-hybridized carbons (Fsp3) is 1.00. The monoisotopic (exact) mass is 284 g/mol. The summed E-state index contributed by atoms with van der Waals surface area (Å²) in [6.45, 7) is 12.3. The summed E-state index contributed by atoms with van der Waals surface area (Å²) < 4.78 is 5.78. The lowest BCUT2D eigenvalue weighted by Crippen LogP contribution is -2.50. The van der Waals surface area contributed by atoms with Crippen molar-refractivity contribution in [1.82, 2.24) is 10.2 Å². The first kappa shape index (κ1) is 16.2. The lowest BCUT2D eigenvalue weighted by atomic mass is 9.71. The van der Waals surface area contributed by atoms with Crippen LogP contribution >= 0.6 is 0 Å². The molecule has 0 radical (unpaired) electrons. The van der Waals surface area contributed by atoms with Gasteiger partial charge in [0, 0.05) is 26.2 Å². The van der Waals surface area contributed by atoms with Gasteiger partial charge in [0.05, 0.1) is 18.3 Å². The summed E-state index contributed by atoms with van der Waals surface area (Å²) in [5.74, 6) is 0. The van der Waals surface area contributed by atoms with Crippen molar-refractivity contribution in [2.75, 3.05) is 39.3 Å². The Bertz CT molecular complexity index is 297. The first-order valence-corrected chi connectivity index (χ1v) is 8.20. The lowest BCUT2D eigenvalue weighted by molar-refractivity contribution is -0.0409. The minimum absolute atomic E-state index is 0.271. The molecule has 2 rings (SSSR count). The summed E-state index contributed by atoms with van der Waals surface area (Å²) in [5, 5.41) is 14.1. The Balaban J connectivity index is 1.68. The second kappa shape index (κ2) is 6.73. The van der Waals surface area contributed by atoms with E-state index in [1.165, 1.54) is 0 Å². The molecule has 0 aromatic carbocycles. The van der Waals surface area contributed by atoms with Gasteiger partial charge >= 0.3 is 0 Å². The van der Waals surface area contributed by atoms with Crippen molar-refractivity contribution in [3.05, 3.63) is 0 Å². The number of hydrogen-bond donors (Lipinski definition) is 2. The first-order valence-electron chi connectivity index (χ1n) is 8.20. The van der Waals surface area contributed by atoms with Crippen molar-refractivity contribution in [2.24, 2.45) is 5.41 Å². The van der Waals surface area contributed by atoms with Crippen molar-refractivity contribution in [1.29, 1.82) is 0 Å². The molecule has 0 aromatic heterocycles. The second-order valence-electron chi connectivity index (χ2n) is 7.41. The van der Waals surface area contributed by atoms with Gasteiger partial charge in [0.15, 0.2) is 0 Å². The van der Waals surface area contributed by atoms with Gasteiger partial charge in [0.25, 0.3) is 0 Å². The molecule has 1 saturated heterocycles. The van der Waals surface area contributed by atoms with E-state index in [1.807, 2.05) is 0 Å². The molecule has 1 unspecified atom stereocenters. The van der Waals surface area contributed by atoms with Crippen LogP contribution in [0.1, 0.15) is 46.5 Å². The van der Waals surface area contributed by atoms with Crippen molar-refractivity contribution < 1.29 is 9.84 Å². The highest BCUT2D eigenvalue weighted by molar-refractivity contribution is 4.90. The van der Waals surface area contributed by atoms with Crippen molar-refractivity contribution in [3.8, 4) is 0 Å². The van der Waals surface area contributed by atoms with Crippen LogP contribution < -0.4 is 5.32 Å². The maximum atomic E-state index is 10.6. The molecule has 0 bridgehead atoms. The number of morpholine rings is 1. The van der Waals surface area contributed by atoms with E-state index in [-0.39, 0.29) is 6.10 Å². The quantitative estimate of drug-likeness (QED) is 0.805. The molecule has 1 atom stereocenters. The van der Waals surface area contributed by atoms with E-state index in [9.17, 15) is 5.11 Å². The molecule has 1 saturated carbocycles. The third-order valence-electron chi connectivity index (χ3n) is 5.03. The van der Waals surface area contributed by atoms with Crippen LogP contribution in [0.2, 0.25) is 0 Å². The van der Waals surface area contributed by atoms with E-state index in [2.05, 4.69) is 31.0 Å². The molecule has 1 heterocycles. The molecule has 4 heteroatoms. The van der Waals surface area contributed by atoms with Crippen LogP contribution in [0, 0.1) is 5.41 Å². The van der Waals surface area contributed by atoms with Crippen LogP contribution in [0.15, 0.2) is 0 Å². The van der Waals surface area contributed by atoms with Gasteiger partial charge in [0.1, 0.15) is 0 Å². The average molecular weight is 284 g/mol. The summed E-state index contributed by atoms with van der Waals surface area (Å²) in [4.78, 5) is 2.42. The number of rotatable bonds is 5. The van der Waals surface area contributed by atoms with E-state index in [0.717, 1.165) is 58.5 Å². The number of likely N-dealkylation sites (N-methyl/N-ethyl adjacent to an activating group) is 1. The van der Waals surface area contributed by atoms with Crippen LogP contribution in [-0.4, -0.2) is 61.0 Å². The normalized spacial score (nSPS) is 30.3. The molecule has 2 N–H and O–H groups in total. The van der Waals surface area contributed by atoms with E-state index in [0.29, 0.717) is 12.0 Å². The smallest absolute Gasteiger partial charge is 0.0826 e. The molecule has 20 heavy (non-hydrogen) atoms. The van der Waals surface area contributed by atoms with E-state index < -0.39 is 5.60 Å². The van der Waals surface area contributed by atoms with E-state index in [4.69, 9.17) is 4.74 Å². The maximum absolute atomic E-state index is 10.6. The predicted molar refractivity (Wildman–Crippen MR) is 81.9 cm³/mol. The Labute approximate surface area is 123 Å². The van der Waals surface area contributed by atoms with Gasteiger partial charge in [-0.1, -0.05) is 20.8 Å². The number of aliphatic hydroxyl groups is 1. The number of nitrogens with zero attached hydrogens (tertiary/aromatic N) is 1. The van der Waals surface area contributed by atoms with Crippen LogP contribution in [0.25, 0.3) is 0 Å². The highest BCUT2D eigenvalue weighted by Gasteiger charge is 2.36. The number of nitrogens with one attached hydrogen (secondary N) is 1. The molecule has 2 fully saturated rings. The van der Waals surface area contributed by atoms with Gasteiger partial charge in [0.2, 0.25) is 0 Å². The molecule has 4 nitrogen and oxygen atoms in total. The summed E-state index contributed by atoms with van der Waals surface area (Å²) in [7, 11) is 0. The van der Waals surface area contributed by atoms with Gasteiger partial charge in [-0.05, 0) is 37.6 Å². The molecule has 1 aliphatic carbocycles. The zero-order valence-corrected chi connectivity index (χ0v) is 13.5. The largest absolute Gasteiger partial charge is 0.389 e. The van der Waals surface area contributed by atoms with Crippen LogP contribution in [0.5, 0.6) is 0 Å². The molecule has 1 aliphatic heterocycles. The summed E-state index contributed by atoms with van der Waals surface area (Å²) in [6, 6.07) is 0. The number of hydrogen-bond acceptors (Lipinski definition) is 4. The van der Waals surface area contributed by atoms with Crippen LogP contribution in [0.4, 0.5) is 0 Å². The molecular weight excluding hydrogens is 252 g/mol. The highest BCUT2D eigenvalue weighted by Crippen LogP contribution is 2.39. The third kappa shape index (κ3) is 4.69. The van der Waals surface area contributed by atoms with Gasteiger partial charge in [-0.15, -0.1) is 0 Å². The molecule has 0 aromatic rings. The Morgan fingerprint density at radius 1 is 1.25 bits per heavy atom. The Morgan fingerprint density at radius 3 is 2.60 bits per heavy atom. The van der Waals surface area contributed by atoms with E-state index in [1.54, 1.807) is 0 Å². The minimum atomic E-state index is -0.505. The molecule has 0 spiro atoms. The van der Waals surface area contributed by atoms with Gasteiger partial charge in [-0.2, -0.15) is 0 Å². The van der Waals surface area contributed by atoms with Crippen molar-refractivity contribution in [2.45, 2.75) is 58.2 Å². The number of ether oxygens (including phenoxy) is 1. The molecular formula is C16H32N2O2. The Kier molecular flexibility index (Phi) is 5.46. The predicted octanol–water partition coefficient (Wildman–Crippen LogP) is 1.63. The summed E-state index contributed by atoms with van der Waals surface area (Å²) in [5.41, 5.74) is -0.102.